The van der Waals surface area contributed by atoms with E-state index in [1.165, 1.54) is 0 Å². The normalized spacial score (nSPS) is 11.1. The summed E-state index contributed by atoms with van der Waals surface area (Å²) in [7, 11) is 0. The molecule has 2 rings (SSSR count). The Balaban J connectivity index is 2.31. The molecule has 100 valence electrons. The molecule has 2 aromatic rings. The molecule has 0 aliphatic carbocycles. The third kappa shape index (κ3) is 2.73. The van der Waals surface area contributed by atoms with Gasteiger partial charge in [0.1, 0.15) is 0 Å². The van der Waals surface area contributed by atoms with E-state index >= 15 is 0 Å². The highest BCUT2D eigenvalue weighted by Crippen LogP contribution is 2.28. The van der Waals surface area contributed by atoms with Crippen molar-refractivity contribution >= 4 is 6.21 Å². The van der Waals surface area contributed by atoms with E-state index in [1.807, 2.05) is 20.8 Å². The highest BCUT2D eigenvalue weighted by atomic mass is 16.5. The molecule has 1 heterocycles. The summed E-state index contributed by atoms with van der Waals surface area (Å²) in [4.78, 5) is 0. The van der Waals surface area contributed by atoms with Gasteiger partial charge in [-0.1, -0.05) is 6.07 Å². The molecule has 1 aromatic heterocycles. The highest BCUT2D eigenvalue weighted by molar-refractivity contribution is 5.84. The van der Waals surface area contributed by atoms with E-state index in [9.17, 15) is 5.11 Å². The van der Waals surface area contributed by atoms with Crippen LogP contribution in [0.3, 0.4) is 0 Å². The van der Waals surface area contributed by atoms with Gasteiger partial charge in [-0.25, -0.2) is 4.68 Å². The van der Waals surface area contributed by atoms with Gasteiger partial charge < -0.3 is 9.84 Å². The Hall–Kier alpha value is -2.37. The molecule has 19 heavy (non-hydrogen) atoms. The van der Waals surface area contributed by atoms with Gasteiger partial charge in [-0.2, -0.15) is 5.10 Å². The number of ether oxygens (including phenoxy) is 1. The molecule has 0 unspecified atom stereocenters. The van der Waals surface area contributed by atoms with Crippen LogP contribution < -0.4 is 4.74 Å². The standard InChI is InChI=1S/C13H16N4O2/c1-4-19-12-7-5-6-11(13(12)18)8-14-17-9(2)15-16-10(17)3/h5-8,18H,4H2,1-3H3/b14-8+. The summed E-state index contributed by atoms with van der Waals surface area (Å²) in [6, 6.07) is 5.28. The Morgan fingerprint density at radius 1 is 1.32 bits per heavy atom. The van der Waals surface area contributed by atoms with Crippen LogP contribution in [0.15, 0.2) is 23.3 Å². The topological polar surface area (TPSA) is 72.5 Å². The number of aromatic nitrogens is 3. The number of aryl methyl sites for hydroxylation is 2. The van der Waals surface area contributed by atoms with Gasteiger partial charge in [0, 0.05) is 5.56 Å². The van der Waals surface area contributed by atoms with Crippen LogP contribution in [0.5, 0.6) is 11.5 Å². The van der Waals surface area contributed by atoms with Crippen LogP contribution in [0.1, 0.15) is 24.1 Å². The molecule has 0 aliphatic rings. The second-order valence-corrected chi connectivity index (χ2v) is 3.98. The minimum absolute atomic E-state index is 0.0801. The molecular weight excluding hydrogens is 244 g/mol. The Morgan fingerprint density at radius 2 is 2.00 bits per heavy atom. The molecule has 0 saturated heterocycles. The van der Waals surface area contributed by atoms with Crippen molar-refractivity contribution in [2.45, 2.75) is 20.8 Å². The van der Waals surface area contributed by atoms with Gasteiger partial charge in [-0.3, -0.25) is 0 Å². The zero-order chi connectivity index (χ0) is 13.8. The maximum Gasteiger partial charge on any atom is 0.166 e. The smallest absolute Gasteiger partial charge is 0.166 e. The maximum absolute atomic E-state index is 10.0. The van der Waals surface area contributed by atoms with Crippen LogP contribution in [0.4, 0.5) is 0 Å². The van der Waals surface area contributed by atoms with Gasteiger partial charge in [-0.05, 0) is 32.9 Å². The highest BCUT2D eigenvalue weighted by Gasteiger charge is 2.06. The number of aromatic hydroxyl groups is 1. The summed E-state index contributed by atoms with van der Waals surface area (Å²) < 4.78 is 6.92. The van der Waals surface area contributed by atoms with Crippen molar-refractivity contribution in [2.24, 2.45) is 5.10 Å². The van der Waals surface area contributed by atoms with Crippen LogP contribution in [0.2, 0.25) is 0 Å². The second kappa shape index (κ2) is 5.51. The van der Waals surface area contributed by atoms with Crippen LogP contribution in [0.25, 0.3) is 0 Å². The molecule has 0 atom stereocenters. The Morgan fingerprint density at radius 3 is 2.63 bits per heavy atom. The first kappa shape index (κ1) is 13.1. The van der Waals surface area contributed by atoms with Crippen LogP contribution >= 0.6 is 0 Å². The van der Waals surface area contributed by atoms with Gasteiger partial charge in [0.05, 0.1) is 12.8 Å². The Bertz CT molecular complexity index is 585. The summed E-state index contributed by atoms with van der Waals surface area (Å²) in [6.07, 6.45) is 1.56. The molecule has 0 radical (unpaired) electrons. The van der Waals surface area contributed by atoms with E-state index in [1.54, 1.807) is 29.1 Å². The van der Waals surface area contributed by atoms with E-state index in [0.29, 0.717) is 29.6 Å². The zero-order valence-electron chi connectivity index (χ0n) is 11.2. The fourth-order valence-electron chi connectivity index (χ4n) is 1.67. The van der Waals surface area contributed by atoms with E-state index in [0.717, 1.165) is 0 Å². The van der Waals surface area contributed by atoms with Crippen molar-refractivity contribution < 1.29 is 9.84 Å². The summed E-state index contributed by atoms with van der Waals surface area (Å²) >= 11 is 0. The molecule has 6 heteroatoms. The summed E-state index contributed by atoms with van der Waals surface area (Å²) in [5.74, 6) is 1.91. The first-order valence-corrected chi connectivity index (χ1v) is 6.01. The average molecular weight is 260 g/mol. The molecular formula is C13H16N4O2. The van der Waals surface area contributed by atoms with Crippen LogP contribution in [0, 0.1) is 13.8 Å². The van der Waals surface area contributed by atoms with E-state index in [2.05, 4.69) is 15.3 Å². The first-order valence-electron chi connectivity index (χ1n) is 6.01. The average Bonchev–Trinajstić information content (AvgIpc) is 2.71. The fraction of sp³-hybridized carbons (Fsp3) is 0.308. The minimum Gasteiger partial charge on any atom is -0.504 e. The van der Waals surface area contributed by atoms with Crippen molar-refractivity contribution in [1.82, 2.24) is 14.9 Å². The third-order valence-electron chi connectivity index (χ3n) is 2.59. The lowest BCUT2D eigenvalue weighted by molar-refractivity contribution is 0.318. The van der Waals surface area contributed by atoms with Crippen LogP contribution in [-0.4, -0.2) is 32.8 Å². The van der Waals surface area contributed by atoms with E-state index in [-0.39, 0.29) is 5.75 Å². The van der Waals surface area contributed by atoms with Gasteiger partial charge in [0.15, 0.2) is 23.1 Å². The number of phenolic OH excluding ortho intramolecular Hbond substituents is 1. The maximum atomic E-state index is 10.0. The first-order chi connectivity index (χ1) is 9.13. The number of hydrogen-bond acceptors (Lipinski definition) is 5. The number of nitrogens with zero attached hydrogens (tertiary/aromatic N) is 4. The quantitative estimate of drug-likeness (QED) is 0.852. The van der Waals surface area contributed by atoms with Gasteiger partial charge in [-0.15, -0.1) is 10.2 Å². The molecule has 0 spiro atoms. The number of benzene rings is 1. The molecule has 6 nitrogen and oxygen atoms in total. The van der Waals surface area contributed by atoms with Crippen molar-refractivity contribution in [3.63, 3.8) is 0 Å². The van der Waals surface area contributed by atoms with Crippen molar-refractivity contribution in [2.75, 3.05) is 6.61 Å². The summed E-state index contributed by atoms with van der Waals surface area (Å²) in [5, 5.41) is 22.1. The second-order valence-electron chi connectivity index (χ2n) is 3.98. The Kier molecular flexibility index (Phi) is 3.79. The number of hydrogen-bond donors (Lipinski definition) is 1. The minimum atomic E-state index is 0.0801. The van der Waals surface area contributed by atoms with Crippen molar-refractivity contribution in [3.8, 4) is 11.5 Å². The predicted octanol–water partition coefficient (Wildman–Crippen LogP) is 1.88. The summed E-state index contributed by atoms with van der Waals surface area (Å²) in [6.45, 7) is 5.99. The molecule has 0 fully saturated rings. The van der Waals surface area contributed by atoms with E-state index in [4.69, 9.17) is 4.74 Å². The molecule has 0 amide bonds. The lowest BCUT2D eigenvalue weighted by atomic mass is 10.2. The molecule has 0 bridgehead atoms. The largest absolute Gasteiger partial charge is 0.504 e. The fourth-order valence-corrected chi connectivity index (χ4v) is 1.67. The van der Waals surface area contributed by atoms with Gasteiger partial charge in [0.2, 0.25) is 0 Å². The molecule has 0 saturated carbocycles. The lowest BCUT2D eigenvalue weighted by Crippen LogP contribution is -1.97. The Labute approximate surface area is 111 Å². The predicted molar refractivity (Wildman–Crippen MR) is 71.8 cm³/mol. The lowest BCUT2D eigenvalue weighted by Gasteiger charge is -2.07. The molecule has 1 aromatic carbocycles. The van der Waals surface area contributed by atoms with Gasteiger partial charge in [0.25, 0.3) is 0 Å². The van der Waals surface area contributed by atoms with E-state index < -0.39 is 0 Å². The number of rotatable bonds is 4. The molecule has 1 N–H and O–H groups in total. The van der Waals surface area contributed by atoms with Crippen LogP contribution in [-0.2, 0) is 0 Å². The number of para-hydroxylation sites is 1. The zero-order valence-corrected chi connectivity index (χ0v) is 11.2. The molecule has 0 aliphatic heterocycles. The summed E-state index contributed by atoms with van der Waals surface area (Å²) in [5.41, 5.74) is 0.582. The number of phenols is 1. The van der Waals surface area contributed by atoms with Crippen molar-refractivity contribution in [3.05, 3.63) is 35.4 Å². The van der Waals surface area contributed by atoms with Crippen molar-refractivity contribution in [1.29, 1.82) is 0 Å². The third-order valence-corrected chi connectivity index (χ3v) is 2.59. The SMILES string of the molecule is CCOc1cccc(/C=N/n2c(C)nnc2C)c1O. The monoisotopic (exact) mass is 260 g/mol. The van der Waals surface area contributed by atoms with Gasteiger partial charge >= 0.3 is 0 Å².